The molecule has 7 heteroatoms. The van der Waals surface area contributed by atoms with Gasteiger partial charge in [0.25, 0.3) is 0 Å². The van der Waals surface area contributed by atoms with E-state index in [2.05, 4.69) is 0 Å². The predicted octanol–water partition coefficient (Wildman–Crippen LogP) is 4.62. The van der Waals surface area contributed by atoms with Crippen LogP contribution in [0.25, 0.3) is 0 Å². The monoisotopic (exact) mass is 327 g/mol. The molecule has 2 rings (SSSR count). The zero-order valence-corrected chi connectivity index (χ0v) is 12.3. The van der Waals surface area contributed by atoms with E-state index in [-0.39, 0.29) is 40.7 Å². The number of hydrogen-bond donors (Lipinski definition) is 2. The highest BCUT2D eigenvalue weighted by Crippen LogP contribution is 2.41. The fourth-order valence-corrected chi connectivity index (χ4v) is 3.16. The molecule has 0 radical (unpaired) electrons. The van der Waals surface area contributed by atoms with Gasteiger partial charge in [-0.1, -0.05) is 12.8 Å². The number of benzene rings is 1. The van der Waals surface area contributed by atoms with Gasteiger partial charge >= 0.3 is 5.51 Å². The fraction of sp³-hybridized carbons (Fsp3) is 0.538. The number of hydrogen-bond acceptors (Lipinski definition) is 3. The first-order valence-corrected chi connectivity index (χ1v) is 7.03. The van der Waals surface area contributed by atoms with Gasteiger partial charge in [-0.05, 0) is 48.7 Å². The third kappa shape index (κ3) is 4.46. The van der Waals surface area contributed by atoms with Gasteiger partial charge in [0.2, 0.25) is 0 Å². The third-order valence-electron chi connectivity index (χ3n) is 3.50. The zero-order chi connectivity index (χ0) is 14.0. The van der Waals surface area contributed by atoms with E-state index in [1.165, 1.54) is 18.2 Å². The molecule has 1 aliphatic rings. The standard InChI is InChI=1S/C13H16F3NOS.ClH/c14-13(15,16)19-9-5-6-11(18)10(7-9)12(17)8-3-1-2-4-8;/h5-8,12,18H,1-4,17H2;1H/t12-;/m1./s1. The Morgan fingerprint density at radius 3 is 2.40 bits per heavy atom. The Hall–Kier alpha value is -0.590. The van der Waals surface area contributed by atoms with Crippen molar-refractivity contribution < 1.29 is 18.3 Å². The minimum atomic E-state index is -4.33. The second-order valence-electron chi connectivity index (χ2n) is 4.84. The first-order chi connectivity index (χ1) is 8.87. The Morgan fingerprint density at radius 1 is 1.25 bits per heavy atom. The number of phenols is 1. The Bertz CT molecular complexity index is 450. The summed E-state index contributed by atoms with van der Waals surface area (Å²) in [6.07, 6.45) is 4.13. The lowest BCUT2D eigenvalue weighted by Crippen LogP contribution is -2.19. The molecule has 20 heavy (non-hydrogen) atoms. The topological polar surface area (TPSA) is 46.2 Å². The van der Waals surface area contributed by atoms with E-state index < -0.39 is 11.6 Å². The molecule has 114 valence electrons. The molecule has 2 nitrogen and oxygen atoms in total. The average Bonchev–Trinajstić information content (AvgIpc) is 2.82. The Balaban J connectivity index is 0.00000200. The van der Waals surface area contributed by atoms with E-state index >= 15 is 0 Å². The highest BCUT2D eigenvalue weighted by Gasteiger charge is 2.30. The van der Waals surface area contributed by atoms with Gasteiger partial charge in [0, 0.05) is 16.5 Å². The first-order valence-electron chi connectivity index (χ1n) is 6.21. The number of rotatable bonds is 3. The van der Waals surface area contributed by atoms with Crippen LogP contribution < -0.4 is 5.73 Å². The van der Waals surface area contributed by atoms with Crippen LogP contribution in [-0.2, 0) is 0 Å². The van der Waals surface area contributed by atoms with E-state index in [4.69, 9.17) is 5.73 Å². The second-order valence-corrected chi connectivity index (χ2v) is 5.98. The van der Waals surface area contributed by atoms with Crippen molar-refractivity contribution in [3.8, 4) is 5.75 Å². The van der Waals surface area contributed by atoms with Crippen molar-refractivity contribution in [1.29, 1.82) is 0 Å². The van der Waals surface area contributed by atoms with Gasteiger partial charge in [-0.25, -0.2) is 0 Å². The number of halogens is 4. The average molecular weight is 328 g/mol. The molecule has 1 aromatic carbocycles. The lowest BCUT2D eigenvalue weighted by molar-refractivity contribution is -0.0328. The van der Waals surface area contributed by atoms with Gasteiger partial charge in [-0.15, -0.1) is 12.4 Å². The molecule has 0 heterocycles. The van der Waals surface area contributed by atoms with Crippen molar-refractivity contribution in [2.24, 2.45) is 11.7 Å². The van der Waals surface area contributed by atoms with Crippen molar-refractivity contribution in [3.05, 3.63) is 23.8 Å². The van der Waals surface area contributed by atoms with Crippen molar-refractivity contribution in [2.75, 3.05) is 0 Å². The summed E-state index contributed by atoms with van der Waals surface area (Å²) >= 11 is -0.183. The van der Waals surface area contributed by atoms with E-state index in [9.17, 15) is 18.3 Å². The molecule has 0 bridgehead atoms. The molecule has 0 aliphatic heterocycles. The van der Waals surface area contributed by atoms with Gasteiger partial charge in [0.1, 0.15) is 5.75 Å². The molecule has 0 spiro atoms. The van der Waals surface area contributed by atoms with Crippen LogP contribution in [0.5, 0.6) is 5.75 Å². The molecule has 0 unspecified atom stereocenters. The summed E-state index contributed by atoms with van der Waals surface area (Å²) in [6, 6.07) is 3.52. The Labute approximate surface area is 126 Å². The van der Waals surface area contributed by atoms with Crippen LogP contribution in [0.2, 0.25) is 0 Å². The van der Waals surface area contributed by atoms with E-state index in [1.807, 2.05) is 0 Å². The summed E-state index contributed by atoms with van der Waals surface area (Å²) in [4.78, 5) is 0.0637. The number of alkyl halides is 3. The normalized spacial score (nSPS) is 17.8. The van der Waals surface area contributed by atoms with Crippen LogP contribution in [0.1, 0.15) is 37.3 Å². The summed E-state index contributed by atoms with van der Waals surface area (Å²) in [7, 11) is 0. The molecule has 1 saturated carbocycles. The lowest BCUT2D eigenvalue weighted by atomic mass is 9.92. The maximum atomic E-state index is 12.3. The number of thioether (sulfide) groups is 1. The Morgan fingerprint density at radius 2 is 1.85 bits per heavy atom. The van der Waals surface area contributed by atoms with E-state index in [1.54, 1.807) is 0 Å². The third-order valence-corrected chi connectivity index (χ3v) is 4.22. The molecular formula is C13H17ClF3NOS. The highest BCUT2D eigenvalue weighted by atomic mass is 35.5. The quantitative estimate of drug-likeness (QED) is 0.796. The number of nitrogens with two attached hydrogens (primary N) is 1. The predicted molar refractivity (Wildman–Crippen MR) is 76.2 cm³/mol. The molecule has 1 aliphatic carbocycles. The van der Waals surface area contributed by atoms with Crippen LogP contribution in [0, 0.1) is 5.92 Å². The van der Waals surface area contributed by atoms with Crippen LogP contribution >= 0.6 is 24.2 Å². The van der Waals surface area contributed by atoms with Gasteiger partial charge in [-0.3, -0.25) is 0 Å². The summed E-state index contributed by atoms with van der Waals surface area (Å²) in [6.45, 7) is 0. The number of aromatic hydroxyl groups is 1. The van der Waals surface area contributed by atoms with Crippen LogP contribution in [-0.4, -0.2) is 10.6 Å². The van der Waals surface area contributed by atoms with Gasteiger partial charge in [0.15, 0.2) is 0 Å². The highest BCUT2D eigenvalue weighted by molar-refractivity contribution is 8.00. The molecule has 0 saturated heterocycles. The van der Waals surface area contributed by atoms with E-state index in [0.29, 0.717) is 5.56 Å². The largest absolute Gasteiger partial charge is 0.508 e. The molecule has 0 amide bonds. The van der Waals surface area contributed by atoms with Crippen LogP contribution in [0.4, 0.5) is 13.2 Å². The van der Waals surface area contributed by atoms with Crippen molar-refractivity contribution in [1.82, 2.24) is 0 Å². The number of phenolic OH excluding ortho intramolecular Hbond substituents is 1. The summed E-state index contributed by atoms with van der Waals surface area (Å²) in [5.41, 5.74) is 2.17. The molecule has 3 N–H and O–H groups in total. The molecule has 1 atom stereocenters. The summed E-state index contributed by atoms with van der Waals surface area (Å²) in [5, 5.41) is 9.79. The summed E-state index contributed by atoms with van der Waals surface area (Å²) in [5.74, 6) is 0.225. The van der Waals surface area contributed by atoms with Crippen LogP contribution in [0.15, 0.2) is 23.1 Å². The first kappa shape index (κ1) is 17.5. The summed E-state index contributed by atoms with van der Waals surface area (Å²) < 4.78 is 37.0. The van der Waals surface area contributed by atoms with Gasteiger partial charge in [-0.2, -0.15) is 13.2 Å². The van der Waals surface area contributed by atoms with Crippen molar-refractivity contribution in [2.45, 2.75) is 42.1 Å². The SMILES string of the molecule is Cl.N[C@@H](c1cc(SC(F)(F)F)ccc1O)C1CCCC1. The Kier molecular flexibility index (Phi) is 6.04. The maximum Gasteiger partial charge on any atom is 0.446 e. The molecule has 0 aromatic heterocycles. The zero-order valence-electron chi connectivity index (χ0n) is 10.7. The van der Waals surface area contributed by atoms with Crippen LogP contribution in [0.3, 0.4) is 0 Å². The molecular weight excluding hydrogens is 311 g/mol. The molecule has 1 fully saturated rings. The van der Waals surface area contributed by atoms with Gasteiger partial charge < -0.3 is 10.8 Å². The lowest BCUT2D eigenvalue weighted by Gasteiger charge is -2.21. The minimum Gasteiger partial charge on any atom is -0.508 e. The minimum absolute atomic E-state index is 0. The van der Waals surface area contributed by atoms with Gasteiger partial charge in [0.05, 0.1) is 0 Å². The van der Waals surface area contributed by atoms with Crippen molar-refractivity contribution in [3.63, 3.8) is 0 Å². The van der Waals surface area contributed by atoms with E-state index in [0.717, 1.165) is 25.7 Å². The molecule has 1 aromatic rings. The second kappa shape index (κ2) is 6.91. The fourth-order valence-electron chi connectivity index (χ4n) is 2.57. The van der Waals surface area contributed by atoms with Crippen molar-refractivity contribution >= 4 is 24.2 Å². The maximum absolute atomic E-state index is 12.3. The smallest absolute Gasteiger partial charge is 0.446 e.